The maximum absolute atomic E-state index is 13.7. The number of hydrogen-bond donors (Lipinski definition) is 5. The van der Waals surface area contributed by atoms with Crippen molar-refractivity contribution in [3.05, 3.63) is 34.9 Å². The number of amides is 1. The number of halogens is 1. The lowest BCUT2D eigenvalue weighted by molar-refractivity contribution is 0.100. The second kappa shape index (κ2) is 7.20. The van der Waals surface area contributed by atoms with Crippen LogP contribution in [0.15, 0.2) is 23.5 Å². The van der Waals surface area contributed by atoms with Crippen LogP contribution < -0.4 is 16.4 Å². The van der Waals surface area contributed by atoms with E-state index in [1.165, 1.54) is 12.3 Å². The van der Waals surface area contributed by atoms with E-state index in [9.17, 15) is 9.18 Å². The fourth-order valence-corrected chi connectivity index (χ4v) is 3.47. The number of carbonyl (C=O) groups is 1. The Labute approximate surface area is 145 Å². The Bertz CT molecular complexity index is 726. The fourth-order valence-electron chi connectivity index (χ4n) is 3.47. The number of hydrogen-bond acceptors (Lipinski definition) is 6. The zero-order chi connectivity index (χ0) is 18.0. The van der Waals surface area contributed by atoms with Crippen LogP contribution in [0.4, 0.5) is 15.8 Å². The highest BCUT2D eigenvalue weighted by molar-refractivity contribution is 6.04. The first kappa shape index (κ1) is 17.4. The van der Waals surface area contributed by atoms with Gasteiger partial charge in [-0.25, -0.2) is 4.39 Å². The van der Waals surface area contributed by atoms with Crippen molar-refractivity contribution in [3.63, 3.8) is 0 Å². The summed E-state index contributed by atoms with van der Waals surface area (Å²) in [5, 5.41) is 23.0. The molecule has 1 aromatic rings. The number of aliphatic hydroxyl groups excluding tert-OH is 1. The van der Waals surface area contributed by atoms with Gasteiger partial charge in [-0.15, -0.1) is 0 Å². The molecular formula is C17H22FN5O2. The molecule has 7 nitrogen and oxygen atoms in total. The predicted molar refractivity (Wildman–Crippen MR) is 94.2 cm³/mol. The lowest BCUT2D eigenvalue weighted by atomic mass is 9.89. The van der Waals surface area contributed by atoms with Gasteiger partial charge in [-0.2, -0.15) is 0 Å². The summed E-state index contributed by atoms with van der Waals surface area (Å²) in [6.45, 7) is 2.50. The minimum atomic E-state index is -0.708. The van der Waals surface area contributed by atoms with Crippen LogP contribution in [0.2, 0.25) is 0 Å². The van der Waals surface area contributed by atoms with Gasteiger partial charge >= 0.3 is 0 Å². The smallest absolute Gasteiger partial charge is 0.250 e. The molecule has 2 heterocycles. The van der Waals surface area contributed by atoms with Gasteiger partial charge in [-0.3, -0.25) is 4.79 Å². The number of anilines is 2. The molecule has 1 saturated heterocycles. The molecule has 1 fully saturated rings. The number of nitrogens with one attached hydrogen (secondary N) is 3. The molecule has 2 aliphatic rings. The summed E-state index contributed by atoms with van der Waals surface area (Å²) in [6, 6.07) is 2.41. The Morgan fingerprint density at radius 3 is 2.72 bits per heavy atom. The summed E-state index contributed by atoms with van der Waals surface area (Å²) in [6.07, 6.45) is 3.03. The summed E-state index contributed by atoms with van der Waals surface area (Å²) in [7, 11) is 0. The van der Waals surface area contributed by atoms with Gasteiger partial charge in [-0.1, -0.05) is 0 Å². The molecule has 0 bridgehead atoms. The van der Waals surface area contributed by atoms with Crippen LogP contribution in [0, 0.1) is 17.1 Å². The standard InChI is InChI=1S/C17H22FN5O2/c18-11-7-12(16(20)25)15-14(8-11)21-17(22-15)13(9-19)10-1-3-23(4-2-10)5-6-24/h7-10,19,21-22,24H,1-6H2,(H2,20,25)/b17-13+,19-9?. The van der Waals surface area contributed by atoms with Crippen molar-refractivity contribution in [2.45, 2.75) is 12.8 Å². The van der Waals surface area contributed by atoms with Gasteiger partial charge < -0.3 is 31.8 Å². The number of nitrogens with two attached hydrogens (primary N) is 1. The molecule has 8 heteroatoms. The Kier molecular flexibility index (Phi) is 5.00. The number of β-amino-alcohol motifs (C(OH)–C–C–N with tert-alkyl or cyclic N) is 1. The summed E-state index contributed by atoms with van der Waals surface area (Å²) < 4.78 is 13.7. The van der Waals surface area contributed by atoms with Crippen molar-refractivity contribution in [2.75, 3.05) is 36.9 Å². The summed E-state index contributed by atoms with van der Waals surface area (Å²) in [5.41, 5.74) is 7.10. The highest BCUT2D eigenvalue weighted by Gasteiger charge is 2.28. The largest absolute Gasteiger partial charge is 0.395 e. The second-order valence-electron chi connectivity index (χ2n) is 6.30. The number of fused-ring (bicyclic) bond motifs is 1. The van der Waals surface area contributed by atoms with Crippen LogP contribution in [0.3, 0.4) is 0 Å². The monoisotopic (exact) mass is 347 g/mol. The first-order valence-electron chi connectivity index (χ1n) is 8.28. The third kappa shape index (κ3) is 3.49. The Hall–Kier alpha value is -2.45. The maximum atomic E-state index is 13.7. The van der Waals surface area contributed by atoms with Gasteiger partial charge in [0.25, 0.3) is 5.91 Å². The number of likely N-dealkylation sites (tertiary alicyclic amines) is 1. The van der Waals surface area contributed by atoms with E-state index in [1.54, 1.807) is 0 Å². The van der Waals surface area contributed by atoms with Crippen molar-refractivity contribution in [2.24, 2.45) is 11.7 Å². The van der Waals surface area contributed by atoms with E-state index in [0.29, 0.717) is 23.7 Å². The molecule has 1 aromatic carbocycles. The number of piperidine rings is 1. The quantitative estimate of drug-likeness (QED) is 0.516. The molecule has 1 amide bonds. The second-order valence-corrected chi connectivity index (χ2v) is 6.30. The normalized spacial score (nSPS) is 19.8. The number of rotatable bonds is 5. The Morgan fingerprint density at radius 1 is 1.40 bits per heavy atom. The number of nitrogens with zero attached hydrogens (tertiary/aromatic N) is 1. The molecule has 0 unspecified atom stereocenters. The summed E-state index contributed by atoms with van der Waals surface area (Å²) in [4.78, 5) is 13.7. The van der Waals surface area contributed by atoms with E-state index < -0.39 is 11.7 Å². The topological polar surface area (TPSA) is 114 Å². The van der Waals surface area contributed by atoms with Crippen LogP contribution in [-0.4, -0.2) is 48.4 Å². The van der Waals surface area contributed by atoms with E-state index in [2.05, 4.69) is 15.5 Å². The summed E-state index contributed by atoms with van der Waals surface area (Å²) >= 11 is 0. The van der Waals surface area contributed by atoms with Crippen LogP contribution in [-0.2, 0) is 0 Å². The van der Waals surface area contributed by atoms with Crippen molar-refractivity contribution >= 4 is 23.5 Å². The third-order valence-electron chi connectivity index (χ3n) is 4.77. The minimum absolute atomic E-state index is 0.0830. The number of primary amides is 1. The molecule has 25 heavy (non-hydrogen) atoms. The van der Waals surface area contributed by atoms with Crippen molar-refractivity contribution in [1.29, 1.82) is 5.41 Å². The molecule has 0 aromatic heterocycles. The number of aliphatic hydroxyl groups is 1. The van der Waals surface area contributed by atoms with Gasteiger partial charge in [0.15, 0.2) is 0 Å². The van der Waals surface area contributed by atoms with Gasteiger partial charge in [-0.05, 0) is 44.0 Å². The molecule has 6 N–H and O–H groups in total. The molecule has 0 aliphatic carbocycles. The zero-order valence-electron chi connectivity index (χ0n) is 13.8. The van der Waals surface area contributed by atoms with Crippen molar-refractivity contribution in [3.8, 4) is 0 Å². The third-order valence-corrected chi connectivity index (χ3v) is 4.77. The van der Waals surface area contributed by atoms with Crippen LogP contribution >= 0.6 is 0 Å². The van der Waals surface area contributed by atoms with Crippen molar-refractivity contribution < 1.29 is 14.3 Å². The average Bonchev–Trinajstić information content (AvgIpc) is 2.99. The SMILES string of the molecule is N=C/C(=C1/Nc2cc(F)cc(C(N)=O)c2N1)C1CCN(CCO)CC1. The molecule has 0 saturated carbocycles. The highest BCUT2D eigenvalue weighted by atomic mass is 19.1. The molecule has 2 aliphatic heterocycles. The van der Waals surface area contributed by atoms with Gasteiger partial charge in [0.1, 0.15) is 11.6 Å². The molecular weight excluding hydrogens is 325 g/mol. The maximum Gasteiger partial charge on any atom is 0.250 e. The Balaban J connectivity index is 1.84. The lowest BCUT2D eigenvalue weighted by Gasteiger charge is -2.32. The van der Waals surface area contributed by atoms with Gasteiger partial charge in [0.05, 0.1) is 23.5 Å². The number of allylic oxidation sites excluding steroid dienone is 1. The van der Waals surface area contributed by atoms with Crippen LogP contribution in [0.1, 0.15) is 23.2 Å². The van der Waals surface area contributed by atoms with Crippen LogP contribution in [0.25, 0.3) is 0 Å². The van der Waals surface area contributed by atoms with E-state index in [1.807, 2.05) is 0 Å². The van der Waals surface area contributed by atoms with E-state index >= 15 is 0 Å². The average molecular weight is 347 g/mol. The fraction of sp³-hybridized carbons (Fsp3) is 0.412. The molecule has 3 rings (SSSR count). The van der Waals surface area contributed by atoms with Crippen molar-refractivity contribution in [1.82, 2.24) is 4.90 Å². The summed E-state index contributed by atoms with van der Waals surface area (Å²) in [5.74, 6) is -0.478. The lowest BCUT2D eigenvalue weighted by Crippen LogP contribution is -2.36. The number of carbonyl (C=O) groups excluding carboxylic acids is 1. The van der Waals surface area contributed by atoms with E-state index in [0.717, 1.165) is 37.6 Å². The predicted octanol–water partition coefficient (Wildman–Crippen LogP) is 1.33. The molecule has 0 spiro atoms. The molecule has 0 radical (unpaired) electrons. The zero-order valence-corrected chi connectivity index (χ0v) is 13.8. The Morgan fingerprint density at radius 2 is 2.12 bits per heavy atom. The molecule has 0 atom stereocenters. The van der Waals surface area contributed by atoms with E-state index in [-0.39, 0.29) is 18.1 Å². The van der Waals surface area contributed by atoms with Gasteiger partial charge in [0, 0.05) is 18.3 Å². The first-order valence-corrected chi connectivity index (χ1v) is 8.28. The van der Waals surface area contributed by atoms with Crippen LogP contribution in [0.5, 0.6) is 0 Å². The highest BCUT2D eigenvalue weighted by Crippen LogP contribution is 2.37. The first-order chi connectivity index (χ1) is 12.0. The minimum Gasteiger partial charge on any atom is -0.395 e. The van der Waals surface area contributed by atoms with Gasteiger partial charge in [0.2, 0.25) is 0 Å². The number of benzene rings is 1. The molecule has 134 valence electrons. The van der Waals surface area contributed by atoms with E-state index in [4.69, 9.17) is 16.2 Å².